The predicted molar refractivity (Wildman–Crippen MR) is 77.5 cm³/mol. The Bertz CT molecular complexity index is 520. The molecule has 0 saturated heterocycles. The van der Waals surface area contributed by atoms with E-state index in [9.17, 15) is 9.59 Å². The van der Waals surface area contributed by atoms with E-state index in [4.69, 9.17) is 5.73 Å². The second-order valence-electron chi connectivity index (χ2n) is 4.65. The van der Waals surface area contributed by atoms with Crippen molar-refractivity contribution in [3.8, 4) is 0 Å². The second kappa shape index (κ2) is 6.02. The fraction of sp³-hybridized carbons (Fsp3) is 0.429. The number of aryl methyl sites for hydroxylation is 1. The summed E-state index contributed by atoms with van der Waals surface area (Å²) in [5.41, 5.74) is 7.02. The van der Waals surface area contributed by atoms with Crippen LogP contribution in [0.15, 0.2) is 12.7 Å². The number of primary amides is 1. The van der Waals surface area contributed by atoms with E-state index >= 15 is 0 Å². The highest BCUT2D eigenvalue weighted by atomic mass is 32.1. The topological polar surface area (TPSA) is 72.2 Å². The summed E-state index contributed by atoms with van der Waals surface area (Å²) in [4.78, 5) is 24.6. The van der Waals surface area contributed by atoms with Crippen LogP contribution in [-0.2, 0) is 17.6 Å². The van der Waals surface area contributed by atoms with E-state index in [1.54, 1.807) is 6.08 Å². The Morgan fingerprint density at radius 3 is 2.79 bits per heavy atom. The van der Waals surface area contributed by atoms with Gasteiger partial charge in [-0.2, -0.15) is 0 Å². The Kier molecular flexibility index (Phi) is 4.37. The largest absolute Gasteiger partial charge is 0.365 e. The maximum Gasteiger partial charge on any atom is 0.251 e. The molecule has 0 atom stereocenters. The SMILES string of the molecule is C=CCCC(=O)Nc1sc2c(c1C(N)=O)CCCC2. The average molecular weight is 278 g/mol. The summed E-state index contributed by atoms with van der Waals surface area (Å²) in [5, 5.41) is 3.43. The molecule has 0 fully saturated rings. The molecule has 1 aliphatic carbocycles. The minimum Gasteiger partial charge on any atom is -0.365 e. The third kappa shape index (κ3) is 3.04. The molecule has 0 radical (unpaired) electrons. The van der Waals surface area contributed by atoms with Gasteiger partial charge in [0.1, 0.15) is 5.00 Å². The van der Waals surface area contributed by atoms with Crippen molar-refractivity contribution in [1.82, 2.24) is 0 Å². The van der Waals surface area contributed by atoms with E-state index in [-0.39, 0.29) is 5.91 Å². The summed E-state index contributed by atoms with van der Waals surface area (Å²) in [7, 11) is 0. The molecule has 5 heteroatoms. The minimum absolute atomic E-state index is 0.0963. The molecular weight excluding hydrogens is 260 g/mol. The van der Waals surface area contributed by atoms with E-state index < -0.39 is 5.91 Å². The van der Waals surface area contributed by atoms with Gasteiger partial charge in [-0.25, -0.2) is 0 Å². The van der Waals surface area contributed by atoms with Crippen molar-refractivity contribution >= 4 is 28.2 Å². The third-order valence-electron chi connectivity index (χ3n) is 3.25. The van der Waals surface area contributed by atoms with Gasteiger partial charge in [-0.1, -0.05) is 6.08 Å². The fourth-order valence-corrected chi connectivity index (χ4v) is 3.65. The van der Waals surface area contributed by atoms with E-state index in [1.165, 1.54) is 16.2 Å². The van der Waals surface area contributed by atoms with Crippen LogP contribution in [0.4, 0.5) is 5.00 Å². The van der Waals surface area contributed by atoms with Crippen LogP contribution >= 0.6 is 11.3 Å². The summed E-state index contributed by atoms with van der Waals surface area (Å²) < 4.78 is 0. The first-order chi connectivity index (χ1) is 9.13. The van der Waals surface area contributed by atoms with Crippen molar-refractivity contribution < 1.29 is 9.59 Å². The van der Waals surface area contributed by atoms with Crippen molar-refractivity contribution in [2.24, 2.45) is 5.73 Å². The highest BCUT2D eigenvalue weighted by Gasteiger charge is 2.24. The Labute approximate surface area is 116 Å². The summed E-state index contributed by atoms with van der Waals surface area (Å²) in [6.07, 6.45) is 6.78. The van der Waals surface area contributed by atoms with E-state index in [0.29, 0.717) is 23.4 Å². The molecule has 102 valence electrons. The van der Waals surface area contributed by atoms with Gasteiger partial charge in [0.15, 0.2) is 0 Å². The smallest absolute Gasteiger partial charge is 0.251 e. The molecule has 2 rings (SSSR count). The van der Waals surface area contributed by atoms with Crippen LogP contribution in [0.3, 0.4) is 0 Å². The van der Waals surface area contributed by atoms with Crippen molar-refractivity contribution in [2.45, 2.75) is 38.5 Å². The second-order valence-corrected chi connectivity index (χ2v) is 5.76. The van der Waals surface area contributed by atoms with Crippen molar-refractivity contribution in [3.63, 3.8) is 0 Å². The van der Waals surface area contributed by atoms with Gasteiger partial charge in [-0.3, -0.25) is 9.59 Å². The van der Waals surface area contributed by atoms with Crippen LogP contribution in [0.25, 0.3) is 0 Å². The van der Waals surface area contributed by atoms with Crippen LogP contribution in [0, 0.1) is 0 Å². The first-order valence-electron chi connectivity index (χ1n) is 6.48. The van der Waals surface area contributed by atoms with Crippen LogP contribution in [0.5, 0.6) is 0 Å². The van der Waals surface area contributed by atoms with E-state index in [2.05, 4.69) is 11.9 Å². The molecule has 1 aromatic rings. The van der Waals surface area contributed by atoms with Gasteiger partial charge < -0.3 is 11.1 Å². The minimum atomic E-state index is -0.446. The van der Waals surface area contributed by atoms with Gasteiger partial charge in [-0.05, 0) is 37.7 Å². The zero-order chi connectivity index (χ0) is 13.8. The lowest BCUT2D eigenvalue weighted by atomic mass is 9.95. The molecule has 1 heterocycles. The Hall–Kier alpha value is -1.62. The highest BCUT2D eigenvalue weighted by Crippen LogP contribution is 2.37. The number of allylic oxidation sites excluding steroid dienone is 1. The molecule has 1 aliphatic rings. The zero-order valence-electron chi connectivity index (χ0n) is 10.8. The number of fused-ring (bicyclic) bond motifs is 1. The average Bonchev–Trinajstić information content (AvgIpc) is 2.74. The van der Waals surface area contributed by atoms with Crippen LogP contribution in [0.1, 0.15) is 46.5 Å². The number of nitrogens with one attached hydrogen (secondary N) is 1. The Morgan fingerprint density at radius 1 is 1.37 bits per heavy atom. The number of rotatable bonds is 5. The molecule has 4 nitrogen and oxygen atoms in total. The van der Waals surface area contributed by atoms with Gasteiger partial charge in [-0.15, -0.1) is 17.9 Å². The molecule has 19 heavy (non-hydrogen) atoms. The van der Waals surface area contributed by atoms with Gasteiger partial charge >= 0.3 is 0 Å². The number of amides is 2. The molecular formula is C14H18N2O2S. The number of carbonyl (C=O) groups is 2. The summed E-state index contributed by atoms with van der Waals surface area (Å²) in [5.74, 6) is -0.542. The summed E-state index contributed by atoms with van der Waals surface area (Å²) >= 11 is 1.49. The van der Waals surface area contributed by atoms with Crippen molar-refractivity contribution in [1.29, 1.82) is 0 Å². The maximum absolute atomic E-state index is 11.8. The third-order valence-corrected chi connectivity index (χ3v) is 4.45. The van der Waals surface area contributed by atoms with Gasteiger partial charge in [0.2, 0.25) is 5.91 Å². The number of nitrogens with two attached hydrogens (primary N) is 1. The van der Waals surface area contributed by atoms with E-state index in [1.807, 2.05) is 0 Å². The normalized spacial score (nSPS) is 13.7. The zero-order valence-corrected chi connectivity index (χ0v) is 11.6. The molecule has 2 amide bonds. The number of carbonyl (C=O) groups excluding carboxylic acids is 2. The lowest BCUT2D eigenvalue weighted by Gasteiger charge is -2.11. The molecule has 0 aliphatic heterocycles. The number of thiophene rings is 1. The Balaban J connectivity index is 2.24. The fourth-order valence-electron chi connectivity index (χ4n) is 2.34. The molecule has 1 aromatic heterocycles. The van der Waals surface area contributed by atoms with Crippen molar-refractivity contribution in [2.75, 3.05) is 5.32 Å². The number of anilines is 1. The number of hydrogen-bond acceptors (Lipinski definition) is 3. The lowest BCUT2D eigenvalue weighted by molar-refractivity contribution is -0.116. The maximum atomic E-state index is 11.8. The summed E-state index contributed by atoms with van der Waals surface area (Å²) in [6.45, 7) is 3.59. The molecule has 0 aromatic carbocycles. The first kappa shape index (κ1) is 13.8. The van der Waals surface area contributed by atoms with Crippen LogP contribution in [0.2, 0.25) is 0 Å². The molecule has 0 spiro atoms. The quantitative estimate of drug-likeness (QED) is 0.813. The van der Waals surface area contributed by atoms with Gasteiger partial charge in [0, 0.05) is 11.3 Å². The lowest BCUT2D eigenvalue weighted by Crippen LogP contribution is -2.18. The monoisotopic (exact) mass is 278 g/mol. The van der Waals surface area contributed by atoms with Gasteiger partial charge in [0.25, 0.3) is 5.91 Å². The van der Waals surface area contributed by atoms with Crippen molar-refractivity contribution in [3.05, 3.63) is 28.7 Å². The number of hydrogen-bond donors (Lipinski definition) is 2. The first-order valence-corrected chi connectivity index (χ1v) is 7.30. The molecule has 0 saturated carbocycles. The Morgan fingerprint density at radius 2 is 2.11 bits per heavy atom. The standard InChI is InChI=1S/C14H18N2O2S/c1-2-3-8-11(17)16-14-12(13(15)18)9-6-4-5-7-10(9)19-14/h2H,1,3-8H2,(H2,15,18)(H,16,17). The molecule has 0 bridgehead atoms. The van der Waals surface area contributed by atoms with Crippen LogP contribution < -0.4 is 11.1 Å². The highest BCUT2D eigenvalue weighted by molar-refractivity contribution is 7.17. The molecule has 3 N–H and O–H groups in total. The van der Waals surface area contributed by atoms with E-state index in [0.717, 1.165) is 31.2 Å². The summed E-state index contributed by atoms with van der Waals surface area (Å²) in [6, 6.07) is 0. The predicted octanol–water partition coefficient (Wildman–Crippen LogP) is 2.63. The van der Waals surface area contributed by atoms with Crippen LogP contribution in [-0.4, -0.2) is 11.8 Å². The molecule has 0 unspecified atom stereocenters. The van der Waals surface area contributed by atoms with Gasteiger partial charge in [0.05, 0.1) is 5.56 Å².